The Bertz CT molecular complexity index is 338. The first-order chi connectivity index (χ1) is 8.59. The Labute approximate surface area is 106 Å². The first-order valence-corrected chi connectivity index (χ1v) is 5.72. The van der Waals surface area contributed by atoms with Crippen LogP contribution in [0, 0.1) is 0 Å². The summed E-state index contributed by atoms with van der Waals surface area (Å²) >= 11 is 0. The van der Waals surface area contributed by atoms with Crippen molar-refractivity contribution in [2.24, 2.45) is 5.84 Å². The predicted octanol–water partition coefficient (Wildman–Crippen LogP) is -2.06. The highest BCUT2D eigenvalue weighted by atomic mass is 16.2. The molecule has 0 bridgehead atoms. The first-order valence-electron chi connectivity index (χ1n) is 5.72. The number of carbonyl (C=O) groups excluding carboxylic acids is 1. The van der Waals surface area contributed by atoms with Crippen molar-refractivity contribution in [3.8, 4) is 0 Å². The summed E-state index contributed by atoms with van der Waals surface area (Å²) in [6.07, 6.45) is 0.848. The molecule has 18 heavy (non-hydrogen) atoms. The first kappa shape index (κ1) is 14.5. The van der Waals surface area contributed by atoms with Gasteiger partial charge in [0.05, 0.1) is 13.1 Å². The number of H-pyrrole nitrogens is 1. The monoisotopic (exact) mass is 256 g/mol. The molecule has 0 aliphatic rings. The summed E-state index contributed by atoms with van der Waals surface area (Å²) in [5, 5.41) is 17.3. The molecule has 0 saturated heterocycles. The van der Waals surface area contributed by atoms with E-state index in [0.29, 0.717) is 18.9 Å². The molecule has 0 spiro atoms. The molecule has 0 radical (unpaired) electrons. The number of carbonyl (C=O) groups is 1. The van der Waals surface area contributed by atoms with E-state index >= 15 is 0 Å². The molecule has 0 saturated carbocycles. The Balaban J connectivity index is 2.11. The number of nitrogens with zero attached hydrogens (tertiary/aromatic N) is 5. The summed E-state index contributed by atoms with van der Waals surface area (Å²) in [5.41, 5.74) is 0. The van der Waals surface area contributed by atoms with Gasteiger partial charge in [0.25, 0.3) is 0 Å². The number of nitrogens with one attached hydrogen (secondary N) is 2. The molecule has 0 aliphatic carbocycles. The maximum atomic E-state index is 11.6. The molecule has 1 aromatic heterocycles. The van der Waals surface area contributed by atoms with E-state index in [2.05, 4.69) is 25.9 Å². The zero-order chi connectivity index (χ0) is 13.4. The molecule has 0 aliphatic heterocycles. The van der Waals surface area contributed by atoms with Crippen LogP contribution < -0.4 is 11.2 Å². The van der Waals surface area contributed by atoms with Crippen LogP contribution in [-0.4, -0.2) is 70.2 Å². The molecular formula is C9H20N8O. The van der Waals surface area contributed by atoms with Crippen LogP contribution in [0.15, 0.2) is 0 Å². The normalized spacial score (nSPS) is 10.9. The number of tetrazole rings is 1. The zero-order valence-corrected chi connectivity index (χ0v) is 10.8. The molecule has 1 rings (SSSR count). The van der Waals surface area contributed by atoms with Gasteiger partial charge >= 0.3 is 0 Å². The third-order valence-electron chi connectivity index (χ3n) is 2.28. The number of hydrazine groups is 1. The highest BCUT2D eigenvalue weighted by Crippen LogP contribution is 1.88. The summed E-state index contributed by atoms with van der Waals surface area (Å²) < 4.78 is 0. The van der Waals surface area contributed by atoms with Crippen molar-refractivity contribution < 1.29 is 4.79 Å². The van der Waals surface area contributed by atoms with Crippen molar-refractivity contribution in [3.05, 3.63) is 5.82 Å². The van der Waals surface area contributed by atoms with Crippen LogP contribution >= 0.6 is 0 Å². The standard InChI is InChI=1S/C9H20N8O/c1-16(2)4-3-5-17(10)9(18)7-11-6-8-12-14-15-13-8/h11H,3-7,10H2,1-2H3,(H,12,13,14,15). The van der Waals surface area contributed by atoms with Crippen LogP contribution in [0.3, 0.4) is 0 Å². The van der Waals surface area contributed by atoms with Crippen molar-refractivity contribution in [3.63, 3.8) is 0 Å². The Morgan fingerprint density at radius 2 is 2.22 bits per heavy atom. The van der Waals surface area contributed by atoms with E-state index in [1.807, 2.05) is 19.0 Å². The van der Waals surface area contributed by atoms with E-state index in [0.717, 1.165) is 13.0 Å². The fraction of sp³-hybridized carbons (Fsp3) is 0.778. The zero-order valence-electron chi connectivity index (χ0n) is 10.8. The second-order valence-electron chi connectivity index (χ2n) is 4.20. The van der Waals surface area contributed by atoms with Crippen molar-refractivity contribution >= 4 is 5.91 Å². The van der Waals surface area contributed by atoms with Gasteiger partial charge in [-0.25, -0.2) is 10.9 Å². The molecule has 0 aromatic carbocycles. The van der Waals surface area contributed by atoms with Gasteiger partial charge in [-0.15, -0.1) is 5.10 Å². The van der Waals surface area contributed by atoms with E-state index < -0.39 is 0 Å². The number of nitrogens with two attached hydrogens (primary N) is 1. The smallest absolute Gasteiger partial charge is 0.250 e. The Kier molecular flexibility index (Phi) is 6.19. The van der Waals surface area contributed by atoms with Crippen molar-refractivity contribution in [1.82, 2.24) is 35.8 Å². The van der Waals surface area contributed by atoms with Gasteiger partial charge in [-0.3, -0.25) is 9.80 Å². The largest absolute Gasteiger partial charge is 0.309 e. The van der Waals surface area contributed by atoms with Crippen LogP contribution in [0.5, 0.6) is 0 Å². The molecule has 4 N–H and O–H groups in total. The van der Waals surface area contributed by atoms with Gasteiger partial charge in [0.1, 0.15) is 0 Å². The SMILES string of the molecule is CN(C)CCCN(N)C(=O)CNCc1nnn[nH]1. The minimum absolute atomic E-state index is 0.152. The third-order valence-corrected chi connectivity index (χ3v) is 2.28. The minimum Gasteiger partial charge on any atom is -0.309 e. The van der Waals surface area contributed by atoms with Gasteiger partial charge in [0, 0.05) is 6.54 Å². The van der Waals surface area contributed by atoms with E-state index in [9.17, 15) is 4.79 Å². The van der Waals surface area contributed by atoms with Gasteiger partial charge in [-0.2, -0.15) is 0 Å². The van der Waals surface area contributed by atoms with E-state index in [-0.39, 0.29) is 12.5 Å². The lowest BCUT2D eigenvalue weighted by Crippen LogP contribution is -2.43. The van der Waals surface area contributed by atoms with Crippen molar-refractivity contribution in [2.45, 2.75) is 13.0 Å². The van der Waals surface area contributed by atoms with Crippen molar-refractivity contribution in [1.29, 1.82) is 0 Å². The second-order valence-corrected chi connectivity index (χ2v) is 4.20. The minimum atomic E-state index is -0.152. The second kappa shape index (κ2) is 7.69. The number of hydrogen-bond acceptors (Lipinski definition) is 7. The van der Waals surface area contributed by atoms with E-state index in [1.54, 1.807) is 0 Å². The fourth-order valence-corrected chi connectivity index (χ4v) is 1.33. The van der Waals surface area contributed by atoms with Crippen LogP contribution in [0.2, 0.25) is 0 Å². The molecule has 1 heterocycles. The van der Waals surface area contributed by atoms with Gasteiger partial charge in [0.15, 0.2) is 5.82 Å². The third kappa shape index (κ3) is 5.66. The summed E-state index contributed by atoms with van der Waals surface area (Å²) in [7, 11) is 3.96. The lowest BCUT2D eigenvalue weighted by molar-refractivity contribution is -0.130. The lowest BCUT2D eigenvalue weighted by Gasteiger charge is -2.18. The molecule has 0 unspecified atom stereocenters. The number of amides is 1. The highest BCUT2D eigenvalue weighted by Gasteiger charge is 2.09. The predicted molar refractivity (Wildman–Crippen MR) is 65.0 cm³/mol. The molecule has 1 aromatic rings. The molecule has 0 fully saturated rings. The topological polar surface area (TPSA) is 116 Å². The number of aromatic amines is 1. The molecule has 9 nitrogen and oxygen atoms in total. The van der Waals surface area contributed by atoms with Gasteiger partial charge < -0.3 is 10.2 Å². The fourth-order valence-electron chi connectivity index (χ4n) is 1.33. The molecule has 1 amide bonds. The average molecular weight is 256 g/mol. The van der Waals surface area contributed by atoms with Crippen LogP contribution in [0.4, 0.5) is 0 Å². The quantitative estimate of drug-likeness (QED) is 0.278. The number of aromatic nitrogens is 4. The molecule has 9 heteroatoms. The van der Waals surface area contributed by atoms with Crippen LogP contribution in [0.25, 0.3) is 0 Å². The molecular weight excluding hydrogens is 236 g/mol. The van der Waals surface area contributed by atoms with Gasteiger partial charge in [-0.1, -0.05) is 0 Å². The average Bonchev–Trinajstić information content (AvgIpc) is 2.81. The summed E-state index contributed by atoms with van der Waals surface area (Å²) in [6.45, 7) is 2.02. The van der Waals surface area contributed by atoms with E-state index in [4.69, 9.17) is 5.84 Å². The van der Waals surface area contributed by atoms with Gasteiger partial charge in [-0.05, 0) is 37.5 Å². The van der Waals surface area contributed by atoms with E-state index in [1.165, 1.54) is 5.01 Å². The van der Waals surface area contributed by atoms with Crippen LogP contribution in [0.1, 0.15) is 12.2 Å². The summed E-state index contributed by atoms with van der Waals surface area (Å²) in [6, 6.07) is 0. The van der Waals surface area contributed by atoms with Gasteiger partial charge in [0.2, 0.25) is 5.91 Å². The molecule has 0 atom stereocenters. The maximum Gasteiger partial charge on any atom is 0.250 e. The lowest BCUT2D eigenvalue weighted by atomic mass is 10.4. The Morgan fingerprint density at radius 3 is 2.83 bits per heavy atom. The maximum absolute atomic E-state index is 11.6. The van der Waals surface area contributed by atoms with Crippen LogP contribution in [-0.2, 0) is 11.3 Å². The Morgan fingerprint density at radius 1 is 1.44 bits per heavy atom. The summed E-state index contributed by atoms with van der Waals surface area (Å²) in [4.78, 5) is 13.7. The number of rotatable bonds is 8. The number of hydrogen-bond donors (Lipinski definition) is 3. The Hall–Kier alpha value is -1.58. The van der Waals surface area contributed by atoms with Crippen molar-refractivity contribution in [2.75, 3.05) is 33.7 Å². The molecule has 102 valence electrons. The summed E-state index contributed by atoms with van der Waals surface area (Å²) in [5.74, 6) is 6.07. The highest BCUT2D eigenvalue weighted by molar-refractivity contribution is 5.77.